The average Bonchev–Trinajstić information content (AvgIpc) is 2.64. The van der Waals surface area contributed by atoms with Crippen molar-refractivity contribution in [3.05, 3.63) is 23.8 Å². The summed E-state index contributed by atoms with van der Waals surface area (Å²) in [5.74, 6) is 1.94. The second kappa shape index (κ2) is 6.80. The highest BCUT2D eigenvalue weighted by Crippen LogP contribution is 2.61. The fourth-order valence-corrected chi connectivity index (χ4v) is 7.51. The minimum Gasteiger partial charge on any atom is -0.326 e. The van der Waals surface area contributed by atoms with E-state index in [1.807, 2.05) is 0 Å². The molecule has 0 radical (unpaired) electrons. The Hall–Kier alpha value is -1.93. The summed E-state index contributed by atoms with van der Waals surface area (Å²) in [7, 11) is -3.86. The molecule has 4 aliphatic carbocycles. The van der Waals surface area contributed by atoms with E-state index in [1.165, 1.54) is 25.3 Å². The monoisotopic (exact) mass is 417 g/mol. The predicted octanol–water partition coefficient (Wildman–Crippen LogP) is 2.49. The standard InChI is InChI=1S/C21H27N3O4S/c25-19-4-1-16-8-17(2-3-18(16)22-19)29(27,28)24-23-20(26)12-21-9-13-5-14(10-21)7-15(6-13)11-21/h2-3,8,13-15,24H,1,4-7,9-12H2,(H,22,25)(H,23,26). The Morgan fingerprint density at radius 1 is 1.07 bits per heavy atom. The lowest BCUT2D eigenvalue weighted by molar-refractivity contribution is -0.129. The molecule has 156 valence electrons. The van der Waals surface area contributed by atoms with Crippen LogP contribution in [0.15, 0.2) is 23.1 Å². The van der Waals surface area contributed by atoms with E-state index < -0.39 is 10.0 Å². The summed E-state index contributed by atoms with van der Waals surface area (Å²) in [4.78, 5) is 26.4. The molecule has 5 aliphatic rings. The number of hydrogen-bond donors (Lipinski definition) is 3. The number of nitrogens with one attached hydrogen (secondary N) is 3. The number of carbonyl (C=O) groups excluding carboxylic acids is 2. The Morgan fingerprint density at radius 2 is 1.72 bits per heavy atom. The molecule has 0 aromatic heterocycles. The van der Waals surface area contributed by atoms with Crippen molar-refractivity contribution in [2.75, 3.05) is 5.32 Å². The van der Waals surface area contributed by atoms with Crippen LogP contribution in [0.2, 0.25) is 0 Å². The normalized spacial score (nSPS) is 32.6. The van der Waals surface area contributed by atoms with Crippen molar-refractivity contribution in [2.24, 2.45) is 23.2 Å². The second-order valence-corrected chi connectivity index (χ2v) is 11.3. The number of benzene rings is 1. The fourth-order valence-electron chi connectivity index (χ4n) is 6.60. The zero-order chi connectivity index (χ0) is 20.2. The highest BCUT2D eigenvalue weighted by Gasteiger charge is 2.51. The molecule has 4 bridgehead atoms. The van der Waals surface area contributed by atoms with Gasteiger partial charge in [0.2, 0.25) is 11.8 Å². The van der Waals surface area contributed by atoms with Crippen LogP contribution >= 0.6 is 0 Å². The van der Waals surface area contributed by atoms with Gasteiger partial charge >= 0.3 is 0 Å². The van der Waals surface area contributed by atoms with Gasteiger partial charge in [-0.3, -0.25) is 15.0 Å². The van der Waals surface area contributed by atoms with E-state index in [2.05, 4.69) is 15.6 Å². The summed E-state index contributed by atoms with van der Waals surface area (Å²) in [5.41, 5.74) is 3.93. The third-order valence-electron chi connectivity index (χ3n) is 7.31. The SMILES string of the molecule is O=C(CC12CC3CC(CC(C3)C1)C2)NNS(=O)(=O)c1ccc2c(c1)CCC(=O)N2. The second-order valence-electron chi connectivity index (χ2n) is 9.62. The smallest absolute Gasteiger partial charge is 0.257 e. The summed E-state index contributed by atoms with van der Waals surface area (Å²) >= 11 is 0. The zero-order valence-corrected chi connectivity index (χ0v) is 17.2. The Bertz CT molecular complexity index is 937. The van der Waals surface area contributed by atoms with Crippen LogP contribution in [0.5, 0.6) is 0 Å². The van der Waals surface area contributed by atoms with E-state index in [1.54, 1.807) is 12.1 Å². The van der Waals surface area contributed by atoms with Crippen LogP contribution in [0.1, 0.15) is 56.9 Å². The molecule has 0 unspecified atom stereocenters. The van der Waals surface area contributed by atoms with Crippen LogP contribution in [0, 0.1) is 23.2 Å². The van der Waals surface area contributed by atoms with Crippen molar-refractivity contribution in [2.45, 2.75) is 62.7 Å². The lowest BCUT2D eigenvalue weighted by Gasteiger charge is -2.56. The quantitative estimate of drug-likeness (QED) is 0.640. The molecule has 0 spiro atoms. The topological polar surface area (TPSA) is 104 Å². The molecule has 0 saturated heterocycles. The Balaban J connectivity index is 1.23. The van der Waals surface area contributed by atoms with Crippen LogP contribution in [0.25, 0.3) is 0 Å². The van der Waals surface area contributed by atoms with Crippen LogP contribution in [-0.2, 0) is 26.0 Å². The summed E-state index contributed by atoms with van der Waals surface area (Å²) < 4.78 is 25.3. The maximum absolute atomic E-state index is 12.6. The number of hydrazine groups is 1. The van der Waals surface area contributed by atoms with Crippen molar-refractivity contribution in [3.8, 4) is 0 Å². The molecule has 1 heterocycles. The predicted molar refractivity (Wildman–Crippen MR) is 107 cm³/mol. The van der Waals surface area contributed by atoms with E-state index in [-0.39, 0.29) is 22.1 Å². The van der Waals surface area contributed by atoms with Crippen molar-refractivity contribution in [3.63, 3.8) is 0 Å². The lowest BCUT2D eigenvalue weighted by Crippen LogP contribution is -2.50. The van der Waals surface area contributed by atoms with Gasteiger partial charge in [0, 0.05) is 18.5 Å². The van der Waals surface area contributed by atoms with Gasteiger partial charge in [0.05, 0.1) is 4.90 Å². The van der Waals surface area contributed by atoms with Gasteiger partial charge in [0.15, 0.2) is 0 Å². The van der Waals surface area contributed by atoms with Gasteiger partial charge in [-0.2, -0.15) is 0 Å². The van der Waals surface area contributed by atoms with Crippen molar-refractivity contribution in [1.82, 2.24) is 10.3 Å². The molecule has 29 heavy (non-hydrogen) atoms. The van der Waals surface area contributed by atoms with E-state index in [0.717, 1.165) is 42.6 Å². The number of sulfonamides is 1. The summed E-state index contributed by atoms with van der Waals surface area (Å²) in [6, 6.07) is 4.60. The molecule has 1 aliphatic heterocycles. The Labute approximate surface area is 171 Å². The van der Waals surface area contributed by atoms with Gasteiger partial charge in [-0.1, -0.05) is 0 Å². The zero-order valence-electron chi connectivity index (χ0n) is 16.4. The molecule has 1 aromatic rings. The van der Waals surface area contributed by atoms with Crippen LogP contribution in [-0.4, -0.2) is 20.2 Å². The van der Waals surface area contributed by atoms with Gasteiger partial charge in [-0.05, 0) is 91.9 Å². The van der Waals surface area contributed by atoms with Crippen molar-refractivity contribution >= 4 is 27.5 Å². The van der Waals surface area contributed by atoms with Crippen molar-refractivity contribution < 1.29 is 18.0 Å². The van der Waals surface area contributed by atoms with E-state index >= 15 is 0 Å². The third kappa shape index (κ3) is 3.68. The Kier molecular flexibility index (Phi) is 4.47. The first kappa shape index (κ1) is 19.1. The largest absolute Gasteiger partial charge is 0.326 e. The third-order valence-corrected chi connectivity index (χ3v) is 8.55. The molecule has 4 fully saturated rings. The highest BCUT2D eigenvalue weighted by atomic mass is 32.2. The maximum Gasteiger partial charge on any atom is 0.257 e. The number of rotatable bonds is 5. The minimum atomic E-state index is -3.86. The van der Waals surface area contributed by atoms with E-state index in [9.17, 15) is 18.0 Å². The van der Waals surface area contributed by atoms with Crippen LogP contribution in [0.4, 0.5) is 5.69 Å². The van der Waals surface area contributed by atoms with Gasteiger partial charge in [-0.25, -0.2) is 8.42 Å². The van der Waals surface area contributed by atoms with Gasteiger partial charge in [0.1, 0.15) is 0 Å². The number of carbonyl (C=O) groups is 2. The van der Waals surface area contributed by atoms with E-state index in [0.29, 0.717) is 24.9 Å². The highest BCUT2D eigenvalue weighted by molar-refractivity contribution is 7.89. The summed E-state index contributed by atoms with van der Waals surface area (Å²) in [6.45, 7) is 0. The Morgan fingerprint density at radius 3 is 2.38 bits per heavy atom. The number of aryl methyl sites for hydroxylation is 1. The summed E-state index contributed by atoms with van der Waals surface area (Å²) in [5, 5.41) is 2.74. The molecular weight excluding hydrogens is 390 g/mol. The molecular formula is C21H27N3O4S. The van der Waals surface area contributed by atoms with Gasteiger partial charge in [-0.15, -0.1) is 4.83 Å². The van der Waals surface area contributed by atoms with Gasteiger partial charge < -0.3 is 5.32 Å². The van der Waals surface area contributed by atoms with Crippen molar-refractivity contribution in [1.29, 1.82) is 0 Å². The molecule has 6 rings (SSSR count). The first-order chi connectivity index (χ1) is 13.8. The number of amides is 2. The molecule has 0 atom stereocenters. The lowest BCUT2D eigenvalue weighted by atomic mass is 9.49. The van der Waals surface area contributed by atoms with Crippen LogP contribution < -0.4 is 15.6 Å². The summed E-state index contributed by atoms with van der Waals surface area (Å²) in [6.07, 6.45) is 8.50. The fraction of sp³-hybridized carbons (Fsp3) is 0.619. The number of hydrogen-bond acceptors (Lipinski definition) is 4. The first-order valence-electron chi connectivity index (χ1n) is 10.5. The maximum atomic E-state index is 12.6. The molecule has 7 nitrogen and oxygen atoms in total. The molecule has 2 amide bonds. The van der Waals surface area contributed by atoms with Gasteiger partial charge in [0.25, 0.3) is 10.0 Å². The molecule has 1 aromatic carbocycles. The molecule has 4 saturated carbocycles. The molecule has 8 heteroatoms. The van der Waals surface area contributed by atoms with E-state index in [4.69, 9.17) is 0 Å². The first-order valence-corrected chi connectivity index (χ1v) is 12.0. The average molecular weight is 418 g/mol. The number of anilines is 1. The minimum absolute atomic E-state index is 0.0638. The number of fused-ring (bicyclic) bond motifs is 1. The molecule has 3 N–H and O–H groups in total. The van der Waals surface area contributed by atoms with Crippen LogP contribution in [0.3, 0.4) is 0 Å².